The van der Waals surface area contributed by atoms with Gasteiger partial charge in [0.05, 0.1) is 5.56 Å². The molecule has 0 atom stereocenters. The number of ether oxygens (including phenoxy) is 1. The van der Waals surface area contributed by atoms with Gasteiger partial charge in [0.1, 0.15) is 12.4 Å². The Morgan fingerprint density at radius 3 is 2.88 bits per heavy atom. The first-order valence-electron chi connectivity index (χ1n) is 5.40. The molecule has 0 spiro atoms. The molecule has 1 aromatic rings. The smallest absolute Gasteiger partial charge is 0.335 e. The Labute approximate surface area is 94.4 Å². The minimum atomic E-state index is -0.928. The van der Waals surface area contributed by atoms with Crippen LogP contribution in [0.2, 0.25) is 0 Å². The van der Waals surface area contributed by atoms with Gasteiger partial charge in [0.15, 0.2) is 0 Å². The highest BCUT2D eigenvalue weighted by molar-refractivity contribution is 5.87. The number of carbonyl (C=O) groups is 1. The Balaban J connectivity index is 1.93. The molecule has 0 unspecified atom stereocenters. The van der Waals surface area contributed by atoms with Crippen LogP contribution >= 0.6 is 0 Å². The minimum absolute atomic E-state index is 0.258. The van der Waals surface area contributed by atoms with Gasteiger partial charge in [-0.3, -0.25) is 0 Å². The first-order valence-corrected chi connectivity index (χ1v) is 5.40. The fraction of sp³-hybridized carbons (Fsp3) is 0.308. The number of hydrogen-bond donors (Lipinski definition) is 1. The van der Waals surface area contributed by atoms with Crippen molar-refractivity contribution in [2.24, 2.45) is 0 Å². The summed E-state index contributed by atoms with van der Waals surface area (Å²) in [5, 5.41) is 8.80. The second-order valence-corrected chi connectivity index (χ2v) is 3.86. The summed E-state index contributed by atoms with van der Waals surface area (Å²) in [6, 6.07) is 6.56. The number of aromatic carboxylic acids is 1. The first kappa shape index (κ1) is 10.7. The van der Waals surface area contributed by atoms with Crippen LogP contribution in [0.3, 0.4) is 0 Å². The number of benzene rings is 1. The number of carboxylic acid groups (broad SMARTS) is 1. The second kappa shape index (κ2) is 4.84. The third kappa shape index (κ3) is 2.63. The molecular formula is C13H14O3. The van der Waals surface area contributed by atoms with Crippen molar-refractivity contribution in [2.45, 2.75) is 19.3 Å². The van der Waals surface area contributed by atoms with Gasteiger partial charge >= 0.3 is 5.97 Å². The van der Waals surface area contributed by atoms with Crippen LogP contribution in [0, 0.1) is 0 Å². The quantitative estimate of drug-likeness (QED) is 0.790. The fourth-order valence-electron chi connectivity index (χ4n) is 1.56. The Morgan fingerprint density at radius 2 is 2.25 bits per heavy atom. The van der Waals surface area contributed by atoms with Crippen molar-refractivity contribution < 1.29 is 14.6 Å². The maximum absolute atomic E-state index is 10.7. The molecule has 1 saturated carbocycles. The zero-order valence-corrected chi connectivity index (χ0v) is 8.98. The number of carboxylic acids is 1. The van der Waals surface area contributed by atoms with Crippen LogP contribution in [0.4, 0.5) is 0 Å². The first-order chi connectivity index (χ1) is 7.75. The lowest BCUT2D eigenvalue weighted by Gasteiger charge is -2.15. The Morgan fingerprint density at radius 1 is 1.44 bits per heavy atom. The van der Waals surface area contributed by atoms with Crippen molar-refractivity contribution in [1.29, 1.82) is 0 Å². The molecule has 1 aromatic carbocycles. The zero-order chi connectivity index (χ0) is 11.4. The van der Waals surface area contributed by atoms with E-state index in [4.69, 9.17) is 9.84 Å². The largest absolute Gasteiger partial charge is 0.490 e. The standard InChI is InChI=1S/C13H14O3/c14-13(15)11-5-2-6-12(9-11)16-8-7-10-3-1-4-10/h2,5-7,9H,1,3-4,8H2,(H,14,15). The average Bonchev–Trinajstić information content (AvgIpc) is 2.22. The summed E-state index contributed by atoms with van der Waals surface area (Å²) in [4.78, 5) is 10.7. The van der Waals surface area contributed by atoms with Crippen molar-refractivity contribution in [2.75, 3.05) is 6.61 Å². The molecule has 0 amide bonds. The van der Waals surface area contributed by atoms with Gasteiger partial charge in [0.25, 0.3) is 0 Å². The van der Waals surface area contributed by atoms with Gasteiger partial charge in [-0.1, -0.05) is 11.6 Å². The van der Waals surface area contributed by atoms with Gasteiger partial charge in [0, 0.05) is 0 Å². The second-order valence-electron chi connectivity index (χ2n) is 3.86. The van der Waals surface area contributed by atoms with Gasteiger partial charge in [0.2, 0.25) is 0 Å². The van der Waals surface area contributed by atoms with E-state index in [-0.39, 0.29) is 5.56 Å². The van der Waals surface area contributed by atoms with E-state index in [2.05, 4.69) is 6.08 Å². The molecule has 1 fully saturated rings. The molecule has 0 aliphatic heterocycles. The zero-order valence-electron chi connectivity index (χ0n) is 8.98. The molecule has 1 N–H and O–H groups in total. The summed E-state index contributed by atoms with van der Waals surface area (Å²) in [5.41, 5.74) is 1.70. The lowest BCUT2D eigenvalue weighted by molar-refractivity contribution is 0.0696. The Hall–Kier alpha value is -1.77. The highest BCUT2D eigenvalue weighted by Crippen LogP contribution is 2.24. The summed E-state index contributed by atoms with van der Waals surface area (Å²) in [6.07, 6.45) is 5.72. The molecule has 3 nitrogen and oxygen atoms in total. The van der Waals surface area contributed by atoms with Crippen molar-refractivity contribution in [1.82, 2.24) is 0 Å². The van der Waals surface area contributed by atoms with Gasteiger partial charge in [-0.2, -0.15) is 0 Å². The molecule has 3 heteroatoms. The van der Waals surface area contributed by atoms with Crippen LogP contribution < -0.4 is 4.74 Å². The lowest BCUT2D eigenvalue weighted by Crippen LogP contribution is -2.02. The molecule has 1 aliphatic rings. The molecule has 1 aliphatic carbocycles. The van der Waals surface area contributed by atoms with E-state index in [0.29, 0.717) is 12.4 Å². The van der Waals surface area contributed by atoms with Gasteiger partial charge in [-0.05, 0) is 43.5 Å². The van der Waals surface area contributed by atoms with Crippen molar-refractivity contribution in [3.8, 4) is 5.75 Å². The maximum Gasteiger partial charge on any atom is 0.335 e. The van der Waals surface area contributed by atoms with Crippen molar-refractivity contribution >= 4 is 5.97 Å². The molecule has 16 heavy (non-hydrogen) atoms. The van der Waals surface area contributed by atoms with Crippen molar-refractivity contribution in [3.63, 3.8) is 0 Å². The number of hydrogen-bond acceptors (Lipinski definition) is 2. The molecular weight excluding hydrogens is 204 g/mol. The SMILES string of the molecule is O=C(O)c1cccc(OCC=C2CCC2)c1. The lowest BCUT2D eigenvalue weighted by atomic mass is 9.92. The highest BCUT2D eigenvalue weighted by Gasteiger charge is 2.07. The van der Waals surface area contributed by atoms with E-state index < -0.39 is 5.97 Å². The van der Waals surface area contributed by atoms with E-state index in [9.17, 15) is 4.79 Å². The van der Waals surface area contributed by atoms with E-state index in [1.165, 1.54) is 24.8 Å². The monoisotopic (exact) mass is 218 g/mol. The van der Waals surface area contributed by atoms with Gasteiger partial charge < -0.3 is 9.84 Å². The van der Waals surface area contributed by atoms with E-state index in [1.54, 1.807) is 24.3 Å². The van der Waals surface area contributed by atoms with Gasteiger partial charge in [-0.15, -0.1) is 0 Å². The molecule has 84 valence electrons. The van der Waals surface area contributed by atoms with Crippen LogP contribution in [0.25, 0.3) is 0 Å². The number of rotatable bonds is 4. The average molecular weight is 218 g/mol. The minimum Gasteiger partial charge on any atom is -0.490 e. The van der Waals surface area contributed by atoms with Crippen LogP contribution in [-0.2, 0) is 0 Å². The van der Waals surface area contributed by atoms with Crippen LogP contribution in [0.1, 0.15) is 29.6 Å². The highest BCUT2D eigenvalue weighted by atomic mass is 16.5. The summed E-state index contributed by atoms with van der Waals surface area (Å²) in [7, 11) is 0. The third-order valence-corrected chi connectivity index (χ3v) is 2.70. The van der Waals surface area contributed by atoms with Crippen molar-refractivity contribution in [3.05, 3.63) is 41.5 Å². The van der Waals surface area contributed by atoms with Crippen LogP contribution in [-0.4, -0.2) is 17.7 Å². The molecule has 0 bridgehead atoms. The normalized spacial score (nSPS) is 14.1. The summed E-state index contributed by atoms with van der Waals surface area (Å²) >= 11 is 0. The molecule has 0 heterocycles. The van der Waals surface area contributed by atoms with E-state index >= 15 is 0 Å². The van der Waals surface area contributed by atoms with Crippen LogP contribution in [0.15, 0.2) is 35.9 Å². The summed E-state index contributed by atoms with van der Waals surface area (Å²) < 4.78 is 5.46. The van der Waals surface area contributed by atoms with Gasteiger partial charge in [-0.25, -0.2) is 4.79 Å². The molecule has 0 saturated heterocycles. The fourth-order valence-corrected chi connectivity index (χ4v) is 1.56. The molecule has 2 rings (SSSR count). The predicted molar refractivity (Wildman–Crippen MR) is 60.8 cm³/mol. The van der Waals surface area contributed by atoms with Crippen LogP contribution in [0.5, 0.6) is 5.75 Å². The Kier molecular flexibility index (Phi) is 3.25. The third-order valence-electron chi connectivity index (χ3n) is 2.70. The summed E-state index contributed by atoms with van der Waals surface area (Å²) in [5.74, 6) is -0.320. The number of allylic oxidation sites excluding steroid dienone is 1. The van der Waals surface area contributed by atoms with E-state index in [0.717, 1.165) is 0 Å². The summed E-state index contributed by atoms with van der Waals surface area (Å²) in [6.45, 7) is 0.526. The molecule has 0 radical (unpaired) electrons. The predicted octanol–water partition coefficient (Wildman–Crippen LogP) is 2.87. The molecule has 0 aromatic heterocycles. The Bertz CT molecular complexity index is 415. The topological polar surface area (TPSA) is 46.5 Å². The van der Waals surface area contributed by atoms with E-state index in [1.807, 2.05) is 0 Å². The maximum atomic E-state index is 10.7.